The lowest BCUT2D eigenvalue weighted by Gasteiger charge is -2.35. The van der Waals surface area contributed by atoms with E-state index >= 15 is 0 Å². The molecule has 2 unspecified atom stereocenters. The molecule has 18 heavy (non-hydrogen) atoms. The average molecular weight is 266 g/mol. The summed E-state index contributed by atoms with van der Waals surface area (Å²) in [6, 6.07) is 2.30. The molecule has 1 amide bonds. The molecule has 2 saturated heterocycles. The van der Waals surface area contributed by atoms with Gasteiger partial charge in [0.2, 0.25) is 0 Å². The van der Waals surface area contributed by atoms with E-state index in [1.54, 1.807) is 12.3 Å². The van der Waals surface area contributed by atoms with Gasteiger partial charge in [-0.1, -0.05) is 11.6 Å². The first-order chi connectivity index (χ1) is 8.75. The Morgan fingerprint density at radius 3 is 3.22 bits per heavy atom. The zero-order chi connectivity index (χ0) is 12.5. The lowest BCUT2D eigenvalue weighted by molar-refractivity contribution is 0.0662. The summed E-state index contributed by atoms with van der Waals surface area (Å²) >= 11 is 6.03. The van der Waals surface area contributed by atoms with Gasteiger partial charge in [0.25, 0.3) is 5.91 Å². The standard InChI is InChI=1S/C13H16ClN3O/c14-11-7-15-4-2-10(11)13(18)17-6-3-12-9(8-17)1-5-16-12/h2,4,7,9,12,16H,1,3,5-6,8H2. The van der Waals surface area contributed by atoms with Gasteiger partial charge in [-0.05, 0) is 31.4 Å². The molecule has 1 N–H and O–H groups in total. The molecule has 0 bridgehead atoms. The highest BCUT2D eigenvalue weighted by Gasteiger charge is 2.34. The molecular formula is C13H16ClN3O. The van der Waals surface area contributed by atoms with Crippen LogP contribution in [0, 0.1) is 5.92 Å². The van der Waals surface area contributed by atoms with Gasteiger partial charge in [-0.2, -0.15) is 0 Å². The molecule has 96 valence electrons. The van der Waals surface area contributed by atoms with E-state index in [0.717, 1.165) is 26.1 Å². The molecule has 2 fully saturated rings. The third-order valence-corrected chi connectivity index (χ3v) is 4.25. The Bertz CT molecular complexity index is 465. The van der Waals surface area contributed by atoms with Crippen LogP contribution >= 0.6 is 11.6 Å². The molecule has 1 aromatic rings. The highest BCUT2D eigenvalue weighted by molar-refractivity contribution is 6.33. The van der Waals surface area contributed by atoms with Crippen LogP contribution in [0.4, 0.5) is 0 Å². The second-order valence-electron chi connectivity index (χ2n) is 5.00. The average Bonchev–Trinajstić information content (AvgIpc) is 2.85. The van der Waals surface area contributed by atoms with E-state index in [1.165, 1.54) is 12.6 Å². The van der Waals surface area contributed by atoms with Crippen LogP contribution in [0.5, 0.6) is 0 Å². The van der Waals surface area contributed by atoms with Crippen molar-refractivity contribution in [3.05, 3.63) is 29.0 Å². The maximum Gasteiger partial charge on any atom is 0.255 e. The van der Waals surface area contributed by atoms with Crippen molar-refractivity contribution in [1.29, 1.82) is 0 Å². The van der Waals surface area contributed by atoms with Gasteiger partial charge in [-0.25, -0.2) is 0 Å². The minimum Gasteiger partial charge on any atom is -0.338 e. The molecule has 0 spiro atoms. The van der Waals surface area contributed by atoms with Crippen LogP contribution in [0.3, 0.4) is 0 Å². The molecule has 1 aromatic heterocycles. The van der Waals surface area contributed by atoms with Crippen molar-refractivity contribution in [3.8, 4) is 0 Å². The third kappa shape index (κ3) is 2.10. The van der Waals surface area contributed by atoms with Crippen molar-refractivity contribution in [1.82, 2.24) is 15.2 Å². The van der Waals surface area contributed by atoms with Crippen LogP contribution < -0.4 is 5.32 Å². The molecule has 2 atom stereocenters. The fourth-order valence-electron chi connectivity index (χ4n) is 2.95. The number of nitrogens with zero attached hydrogens (tertiary/aromatic N) is 2. The summed E-state index contributed by atoms with van der Waals surface area (Å²) < 4.78 is 0. The molecule has 5 heteroatoms. The van der Waals surface area contributed by atoms with Crippen LogP contribution in [0.2, 0.25) is 5.02 Å². The molecule has 0 radical (unpaired) electrons. The van der Waals surface area contributed by atoms with Gasteiger partial charge in [-0.3, -0.25) is 9.78 Å². The number of amides is 1. The second-order valence-corrected chi connectivity index (χ2v) is 5.41. The molecule has 0 aromatic carbocycles. The zero-order valence-corrected chi connectivity index (χ0v) is 10.9. The smallest absolute Gasteiger partial charge is 0.255 e. The minimum absolute atomic E-state index is 0.0350. The van der Waals surface area contributed by atoms with Crippen LogP contribution in [0.25, 0.3) is 0 Å². The van der Waals surface area contributed by atoms with E-state index in [4.69, 9.17) is 11.6 Å². The van der Waals surface area contributed by atoms with Gasteiger partial charge in [-0.15, -0.1) is 0 Å². The Kier molecular flexibility index (Phi) is 3.22. The summed E-state index contributed by atoms with van der Waals surface area (Å²) in [6.07, 6.45) is 5.35. The van der Waals surface area contributed by atoms with Crippen molar-refractivity contribution < 1.29 is 4.79 Å². The van der Waals surface area contributed by atoms with Gasteiger partial charge in [0.1, 0.15) is 0 Å². The molecule has 2 aliphatic heterocycles. The van der Waals surface area contributed by atoms with Gasteiger partial charge >= 0.3 is 0 Å². The molecule has 0 aliphatic carbocycles. The minimum atomic E-state index is 0.0350. The number of likely N-dealkylation sites (tertiary alicyclic amines) is 1. The van der Waals surface area contributed by atoms with Crippen molar-refractivity contribution in [2.24, 2.45) is 5.92 Å². The molecular weight excluding hydrogens is 250 g/mol. The van der Waals surface area contributed by atoms with Crippen molar-refractivity contribution in [2.45, 2.75) is 18.9 Å². The van der Waals surface area contributed by atoms with E-state index in [0.29, 0.717) is 22.5 Å². The Morgan fingerprint density at radius 1 is 1.50 bits per heavy atom. The Hall–Kier alpha value is -1.13. The zero-order valence-electron chi connectivity index (χ0n) is 10.1. The summed E-state index contributed by atoms with van der Waals surface area (Å²) in [6.45, 7) is 2.73. The number of hydrogen-bond acceptors (Lipinski definition) is 3. The first-order valence-electron chi connectivity index (χ1n) is 6.38. The Morgan fingerprint density at radius 2 is 2.39 bits per heavy atom. The number of rotatable bonds is 1. The van der Waals surface area contributed by atoms with E-state index in [-0.39, 0.29) is 5.91 Å². The van der Waals surface area contributed by atoms with Crippen molar-refractivity contribution in [3.63, 3.8) is 0 Å². The fourth-order valence-corrected chi connectivity index (χ4v) is 3.15. The topological polar surface area (TPSA) is 45.2 Å². The number of nitrogens with one attached hydrogen (secondary N) is 1. The first kappa shape index (κ1) is 11.9. The first-order valence-corrected chi connectivity index (χ1v) is 6.75. The molecule has 3 heterocycles. The highest BCUT2D eigenvalue weighted by Crippen LogP contribution is 2.26. The SMILES string of the molecule is O=C(c1ccncc1Cl)N1CCC2NCCC2C1. The number of aromatic nitrogens is 1. The van der Waals surface area contributed by atoms with Crippen LogP contribution in [-0.4, -0.2) is 41.5 Å². The normalized spacial score (nSPS) is 27.1. The molecule has 4 nitrogen and oxygen atoms in total. The van der Waals surface area contributed by atoms with Gasteiger partial charge in [0.05, 0.1) is 10.6 Å². The van der Waals surface area contributed by atoms with Gasteiger partial charge in [0, 0.05) is 31.5 Å². The Labute approximate surface area is 111 Å². The van der Waals surface area contributed by atoms with Gasteiger partial charge in [0.15, 0.2) is 0 Å². The number of hydrogen-bond donors (Lipinski definition) is 1. The van der Waals surface area contributed by atoms with E-state index in [2.05, 4.69) is 10.3 Å². The van der Waals surface area contributed by atoms with Gasteiger partial charge < -0.3 is 10.2 Å². The van der Waals surface area contributed by atoms with E-state index in [1.807, 2.05) is 4.90 Å². The summed E-state index contributed by atoms with van der Waals surface area (Å²) in [5.41, 5.74) is 0.566. The van der Waals surface area contributed by atoms with E-state index < -0.39 is 0 Å². The predicted molar refractivity (Wildman–Crippen MR) is 69.7 cm³/mol. The predicted octanol–water partition coefficient (Wildman–Crippen LogP) is 1.56. The lowest BCUT2D eigenvalue weighted by atomic mass is 9.93. The molecule has 3 rings (SSSR count). The monoisotopic (exact) mass is 265 g/mol. The third-order valence-electron chi connectivity index (χ3n) is 3.95. The second kappa shape index (κ2) is 4.86. The highest BCUT2D eigenvalue weighted by atomic mass is 35.5. The van der Waals surface area contributed by atoms with Crippen LogP contribution in [0.15, 0.2) is 18.5 Å². The summed E-state index contributed by atoms with van der Waals surface area (Å²) in [5.74, 6) is 0.635. The number of pyridine rings is 1. The number of carbonyl (C=O) groups is 1. The van der Waals surface area contributed by atoms with Crippen LogP contribution in [0.1, 0.15) is 23.2 Å². The van der Waals surface area contributed by atoms with Crippen molar-refractivity contribution >= 4 is 17.5 Å². The summed E-state index contributed by atoms with van der Waals surface area (Å²) in [5, 5.41) is 3.93. The van der Waals surface area contributed by atoms with Crippen LogP contribution in [-0.2, 0) is 0 Å². The quantitative estimate of drug-likeness (QED) is 0.838. The molecule has 2 aliphatic rings. The maximum absolute atomic E-state index is 12.4. The largest absolute Gasteiger partial charge is 0.338 e. The van der Waals surface area contributed by atoms with E-state index in [9.17, 15) is 4.79 Å². The lowest BCUT2D eigenvalue weighted by Crippen LogP contribution is -2.46. The summed E-state index contributed by atoms with van der Waals surface area (Å²) in [4.78, 5) is 18.2. The number of piperidine rings is 1. The number of fused-ring (bicyclic) bond motifs is 1. The fraction of sp³-hybridized carbons (Fsp3) is 0.538. The Balaban J connectivity index is 1.75. The van der Waals surface area contributed by atoms with Crippen molar-refractivity contribution in [2.75, 3.05) is 19.6 Å². The number of halogens is 1. The summed E-state index contributed by atoms with van der Waals surface area (Å²) in [7, 11) is 0. The molecule has 0 saturated carbocycles. The maximum atomic E-state index is 12.4. The number of carbonyl (C=O) groups excluding carboxylic acids is 1.